The second-order valence-electron chi connectivity index (χ2n) is 6.17. The van der Waals surface area contributed by atoms with Crippen molar-refractivity contribution in [3.63, 3.8) is 0 Å². The molecule has 0 fully saturated rings. The van der Waals surface area contributed by atoms with E-state index in [1.165, 1.54) is 23.6 Å². The molecule has 30 heavy (non-hydrogen) atoms. The van der Waals surface area contributed by atoms with Gasteiger partial charge >= 0.3 is 6.36 Å². The SMILES string of the molecule is CC(NSc1c2[nH]ccc2c(C(=O)Nc2ccc(F)c(C#N)c2)n1C)OC(F)(F)F. The Morgan fingerprint density at radius 1 is 1.37 bits per heavy atom. The summed E-state index contributed by atoms with van der Waals surface area (Å²) in [6.07, 6.45) is -4.53. The molecule has 2 aromatic heterocycles. The summed E-state index contributed by atoms with van der Waals surface area (Å²) in [6, 6.07) is 6.93. The zero-order valence-electron chi connectivity index (χ0n) is 15.6. The van der Waals surface area contributed by atoms with Crippen LogP contribution >= 0.6 is 11.9 Å². The van der Waals surface area contributed by atoms with Crippen molar-refractivity contribution < 1.29 is 27.1 Å². The largest absolute Gasteiger partial charge is 0.524 e. The van der Waals surface area contributed by atoms with Gasteiger partial charge in [-0.05, 0) is 43.1 Å². The van der Waals surface area contributed by atoms with Gasteiger partial charge in [-0.1, -0.05) is 0 Å². The third-order valence-electron chi connectivity index (χ3n) is 4.05. The van der Waals surface area contributed by atoms with E-state index in [-0.39, 0.29) is 16.9 Å². The lowest BCUT2D eigenvalue weighted by molar-refractivity contribution is -0.341. The summed E-state index contributed by atoms with van der Waals surface area (Å²) in [5.41, 5.74) is 0.770. The number of anilines is 1. The van der Waals surface area contributed by atoms with Crippen LogP contribution in [0.4, 0.5) is 23.2 Å². The summed E-state index contributed by atoms with van der Waals surface area (Å²) >= 11 is 0.867. The van der Waals surface area contributed by atoms with E-state index < -0.39 is 24.3 Å². The van der Waals surface area contributed by atoms with Gasteiger partial charge in [0.15, 0.2) is 0 Å². The molecule has 0 aliphatic heterocycles. The van der Waals surface area contributed by atoms with E-state index in [0.29, 0.717) is 15.9 Å². The van der Waals surface area contributed by atoms with Crippen molar-refractivity contribution in [1.29, 1.82) is 5.26 Å². The number of alkyl halides is 3. The average molecular weight is 441 g/mol. The highest BCUT2D eigenvalue weighted by Gasteiger charge is 2.32. The maximum Gasteiger partial charge on any atom is 0.524 e. The van der Waals surface area contributed by atoms with Crippen molar-refractivity contribution in [2.45, 2.75) is 24.5 Å². The molecule has 0 aliphatic rings. The molecule has 0 radical (unpaired) electrons. The number of nitrogens with one attached hydrogen (secondary N) is 3. The van der Waals surface area contributed by atoms with E-state index in [9.17, 15) is 22.4 Å². The van der Waals surface area contributed by atoms with Gasteiger partial charge in [0, 0.05) is 24.3 Å². The monoisotopic (exact) mass is 441 g/mol. The smallest absolute Gasteiger partial charge is 0.359 e. The van der Waals surface area contributed by atoms with Crippen LogP contribution in [0, 0.1) is 17.1 Å². The number of rotatable bonds is 6. The van der Waals surface area contributed by atoms with Crippen LogP contribution in [0.5, 0.6) is 0 Å². The van der Waals surface area contributed by atoms with Gasteiger partial charge in [0.2, 0.25) is 0 Å². The van der Waals surface area contributed by atoms with E-state index in [2.05, 4.69) is 19.8 Å². The van der Waals surface area contributed by atoms with Crippen molar-refractivity contribution in [1.82, 2.24) is 14.3 Å². The number of hydrogen-bond acceptors (Lipinski definition) is 5. The topological polar surface area (TPSA) is 94.9 Å². The number of benzene rings is 1. The Hall–Kier alpha value is -3.01. The number of carbonyl (C=O) groups excluding carboxylic acids is 1. The minimum Gasteiger partial charge on any atom is -0.359 e. The zero-order valence-corrected chi connectivity index (χ0v) is 16.4. The number of amides is 1. The van der Waals surface area contributed by atoms with Gasteiger partial charge in [-0.3, -0.25) is 9.53 Å². The molecule has 3 N–H and O–H groups in total. The number of aromatic amines is 1. The molecule has 0 saturated heterocycles. The van der Waals surface area contributed by atoms with Gasteiger partial charge in [-0.2, -0.15) is 5.26 Å². The third kappa shape index (κ3) is 4.59. The molecule has 7 nitrogen and oxygen atoms in total. The third-order valence-corrected chi connectivity index (χ3v) is 5.17. The molecule has 12 heteroatoms. The van der Waals surface area contributed by atoms with Crippen LogP contribution in [0.25, 0.3) is 10.9 Å². The fraction of sp³-hybridized carbons (Fsp3) is 0.222. The highest BCUT2D eigenvalue weighted by molar-refractivity contribution is 7.97. The molecular weight excluding hydrogens is 426 g/mol. The lowest BCUT2D eigenvalue weighted by Gasteiger charge is -2.16. The molecular formula is C18H15F4N5O2S. The Morgan fingerprint density at radius 2 is 2.10 bits per heavy atom. The highest BCUT2D eigenvalue weighted by atomic mass is 32.2. The maximum atomic E-state index is 13.5. The van der Waals surface area contributed by atoms with Gasteiger partial charge in [0.05, 0.1) is 11.1 Å². The molecule has 158 valence electrons. The second kappa shape index (κ2) is 8.39. The van der Waals surface area contributed by atoms with E-state index in [1.807, 2.05) is 0 Å². The normalized spacial score (nSPS) is 12.7. The van der Waals surface area contributed by atoms with E-state index in [1.54, 1.807) is 25.4 Å². The van der Waals surface area contributed by atoms with Gasteiger partial charge in [0.1, 0.15) is 28.8 Å². The van der Waals surface area contributed by atoms with Gasteiger partial charge in [-0.25, -0.2) is 9.11 Å². The van der Waals surface area contributed by atoms with Crippen LogP contribution in [-0.4, -0.2) is 28.0 Å². The summed E-state index contributed by atoms with van der Waals surface area (Å²) in [4.78, 5) is 15.8. The van der Waals surface area contributed by atoms with Gasteiger partial charge in [0.25, 0.3) is 5.91 Å². The molecule has 1 unspecified atom stereocenters. The van der Waals surface area contributed by atoms with Crippen molar-refractivity contribution in [3.8, 4) is 6.07 Å². The van der Waals surface area contributed by atoms with Gasteiger partial charge in [-0.15, -0.1) is 13.2 Å². The van der Waals surface area contributed by atoms with Crippen molar-refractivity contribution in [2.75, 3.05) is 5.32 Å². The summed E-state index contributed by atoms with van der Waals surface area (Å²) in [6.45, 7) is 1.20. The molecule has 1 aromatic carbocycles. The second-order valence-corrected chi connectivity index (χ2v) is 6.99. The highest BCUT2D eigenvalue weighted by Crippen LogP contribution is 2.32. The molecule has 1 amide bonds. The molecule has 0 saturated carbocycles. The first-order valence-electron chi connectivity index (χ1n) is 8.44. The fourth-order valence-corrected chi connectivity index (χ4v) is 3.65. The van der Waals surface area contributed by atoms with Crippen LogP contribution in [-0.2, 0) is 11.8 Å². The Kier molecular flexibility index (Phi) is 6.06. The first kappa shape index (κ1) is 21.7. The van der Waals surface area contributed by atoms with Crippen LogP contribution in [0.1, 0.15) is 23.0 Å². The molecule has 0 bridgehead atoms. The number of carbonyl (C=O) groups is 1. The Morgan fingerprint density at radius 3 is 2.77 bits per heavy atom. The molecule has 2 heterocycles. The predicted molar refractivity (Wildman–Crippen MR) is 102 cm³/mol. The Labute approximate surface area is 172 Å². The van der Waals surface area contributed by atoms with Crippen LogP contribution in [0.3, 0.4) is 0 Å². The standard InChI is InChI=1S/C18H15F4N5O2S/c1-9(29-18(20,21)22)26-30-17-14-12(5-6-24-14)15(27(17)2)16(28)25-11-3-4-13(19)10(7-11)8-23/h3-7,9,24,26H,1-2H3,(H,25,28). The summed E-state index contributed by atoms with van der Waals surface area (Å²) < 4.78 is 58.4. The number of nitriles is 1. The summed E-state index contributed by atoms with van der Waals surface area (Å²) in [5.74, 6) is -1.24. The number of halogens is 4. The quantitative estimate of drug-likeness (QED) is 0.302. The average Bonchev–Trinajstić information content (AvgIpc) is 3.20. The van der Waals surface area contributed by atoms with Crippen LogP contribution in [0.15, 0.2) is 35.5 Å². The molecule has 3 aromatic rings. The lowest BCUT2D eigenvalue weighted by atomic mass is 10.2. The molecule has 0 spiro atoms. The van der Waals surface area contributed by atoms with Crippen LogP contribution < -0.4 is 10.0 Å². The summed E-state index contributed by atoms with van der Waals surface area (Å²) in [5, 5.41) is 12.5. The van der Waals surface area contributed by atoms with Crippen molar-refractivity contribution in [3.05, 3.63) is 47.5 Å². The van der Waals surface area contributed by atoms with E-state index in [4.69, 9.17) is 5.26 Å². The molecule has 1 atom stereocenters. The Balaban J connectivity index is 1.85. The fourth-order valence-electron chi connectivity index (χ4n) is 2.83. The predicted octanol–water partition coefficient (Wildman–Crippen LogP) is 4.25. The number of fused-ring (bicyclic) bond motifs is 1. The molecule has 0 aliphatic carbocycles. The van der Waals surface area contributed by atoms with Gasteiger partial charge < -0.3 is 14.9 Å². The number of nitrogens with zero attached hydrogens (tertiary/aromatic N) is 2. The minimum absolute atomic E-state index is 0.217. The Bertz CT molecular complexity index is 1130. The number of H-pyrrole nitrogens is 1. The summed E-state index contributed by atoms with van der Waals surface area (Å²) in [7, 11) is 1.58. The zero-order chi connectivity index (χ0) is 22.1. The first-order valence-corrected chi connectivity index (χ1v) is 9.26. The first-order chi connectivity index (χ1) is 14.1. The van der Waals surface area contributed by atoms with Crippen molar-refractivity contribution >= 4 is 34.4 Å². The lowest BCUT2D eigenvalue weighted by Crippen LogP contribution is -2.30. The van der Waals surface area contributed by atoms with Crippen molar-refractivity contribution in [2.24, 2.45) is 7.05 Å². The number of ether oxygens (including phenoxy) is 1. The number of aromatic nitrogens is 2. The number of hydrogen-bond donors (Lipinski definition) is 3. The maximum absolute atomic E-state index is 13.5. The molecule has 3 rings (SSSR count). The van der Waals surface area contributed by atoms with E-state index in [0.717, 1.165) is 18.0 Å². The minimum atomic E-state index is -4.79. The van der Waals surface area contributed by atoms with Crippen LogP contribution in [0.2, 0.25) is 0 Å². The van der Waals surface area contributed by atoms with E-state index >= 15 is 0 Å².